The summed E-state index contributed by atoms with van der Waals surface area (Å²) in [5.74, 6) is -3.73. The SMILES string of the molecule is CN(c1c(F)cc(C#N)cc1F)C1COCC1C(=O)O. The van der Waals surface area contributed by atoms with Gasteiger partial charge in [-0.1, -0.05) is 0 Å². The molecule has 5 nitrogen and oxygen atoms in total. The lowest BCUT2D eigenvalue weighted by Crippen LogP contribution is -2.41. The normalized spacial score (nSPS) is 21.5. The quantitative estimate of drug-likeness (QED) is 0.906. The molecule has 1 N–H and O–H groups in total. The molecule has 2 atom stereocenters. The van der Waals surface area contributed by atoms with Crippen molar-refractivity contribution >= 4 is 11.7 Å². The third-order valence-corrected chi connectivity index (χ3v) is 3.36. The number of hydrogen-bond acceptors (Lipinski definition) is 4. The smallest absolute Gasteiger partial charge is 0.311 e. The summed E-state index contributed by atoms with van der Waals surface area (Å²) in [5, 5.41) is 17.7. The minimum Gasteiger partial charge on any atom is -0.481 e. The van der Waals surface area contributed by atoms with Crippen molar-refractivity contribution in [1.82, 2.24) is 0 Å². The molecule has 0 amide bonds. The Morgan fingerprint density at radius 1 is 1.45 bits per heavy atom. The van der Waals surface area contributed by atoms with Gasteiger partial charge in [-0.2, -0.15) is 5.26 Å². The number of anilines is 1. The molecule has 106 valence electrons. The number of likely N-dealkylation sites (N-methyl/N-ethyl adjacent to an activating group) is 1. The number of rotatable bonds is 3. The molecule has 0 aromatic heterocycles. The summed E-state index contributed by atoms with van der Waals surface area (Å²) in [6.45, 7) is 0.0796. The number of halogens is 2. The lowest BCUT2D eigenvalue weighted by atomic mass is 10.0. The highest BCUT2D eigenvalue weighted by Crippen LogP contribution is 2.29. The van der Waals surface area contributed by atoms with Gasteiger partial charge in [0, 0.05) is 7.05 Å². The predicted octanol–water partition coefficient (Wildman–Crippen LogP) is 1.37. The number of carboxylic acids is 1. The van der Waals surface area contributed by atoms with Gasteiger partial charge < -0.3 is 14.7 Å². The van der Waals surface area contributed by atoms with Gasteiger partial charge >= 0.3 is 5.97 Å². The highest BCUT2D eigenvalue weighted by molar-refractivity contribution is 5.72. The molecular weight excluding hydrogens is 270 g/mol. The van der Waals surface area contributed by atoms with Gasteiger partial charge in [0.2, 0.25) is 0 Å². The molecule has 1 aromatic carbocycles. The maximum atomic E-state index is 13.9. The summed E-state index contributed by atoms with van der Waals surface area (Å²) in [6.07, 6.45) is 0. The molecule has 0 bridgehead atoms. The van der Waals surface area contributed by atoms with Crippen molar-refractivity contribution in [3.8, 4) is 6.07 Å². The minimum absolute atomic E-state index is 0.00383. The third kappa shape index (κ3) is 2.42. The number of ether oxygens (including phenoxy) is 1. The number of aliphatic carboxylic acids is 1. The van der Waals surface area contributed by atoms with Crippen LogP contribution < -0.4 is 4.90 Å². The second kappa shape index (κ2) is 5.43. The Kier molecular flexibility index (Phi) is 3.86. The van der Waals surface area contributed by atoms with Crippen LogP contribution >= 0.6 is 0 Å². The van der Waals surface area contributed by atoms with Crippen LogP contribution in [-0.4, -0.2) is 37.4 Å². The Labute approximate surface area is 114 Å². The van der Waals surface area contributed by atoms with Gasteiger partial charge in [-0.25, -0.2) is 8.78 Å². The number of carboxylic acid groups (broad SMARTS) is 1. The summed E-state index contributed by atoms with van der Waals surface area (Å²) in [7, 11) is 1.41. The van der Waals surface area contributed by atoms with Crippen LogP contribution in [0.25, 0.3) is 0 Å². The number of hydrogen-bond donors (Lipinski definition) is 1. The van der Waals surface area contributed by atoms with Gasteiger partial charge in [-0.15, -0.1) is 0 Å². The number of nitrogens with zero attached hydrogens (tertiary/aromatic N) is 2. The van der Waals surface area contributed by atoms with E-state index in [9.17, 15) is 13.6 Å². The molecule has 2 unspecified atom stereocenters. The zero-order valence-electron chi connectivity index (χ0n) is 10.6. The maximum Gasteiger partial charge on any atom is 0.311 e. The average Bonchev–Trinajstić information content (AvgIpc) is 2.86. The number of carbonyl (C=O) groups is 1. The molecule has 1 aromatic rings. The van der Waals surface area contributed by atoms with Crippen LogP contribution in [0.4, 0.5) is 14.5 Å². The summed E-state index contributed by atoms with van der Waals surface area (Å²) in [6, 6.07) is 2.83. The molecule has 0 radical (unpaired) electrons. The van der Waals surface area contributed by atoms with E-state index in [2.05, 4.69) is 0 Å². The zero-order valence-corrected chi connectivity index (χ0v) is 10.6. The fourth-order valence-electron chi connectivity index (χ4n) is 2.29. The molecule has 0 spiro atoms. The first-order valence-electron chi connectivity index (χ1n) is 5.88. The first kappa shape index (κ1) is 14.2. The molecule has 20 heavy (non-hydrogen) atoms. The van der Waals surface area contributed by atoms with E-state index in [1.165, 1.54) is 11.9 Å². The summed E-state index contributed by atoms with van der Waals surface area (Å²) in [5.41, 5.74) is -0.486. The molecule has 1 aliphatic heterocycles. The fraction of sp³-hybridized carbons (Fsp3) is 0.385. The van der Waals surface area contributed by atoms with E-state index in [1.54, 1.807) is 6.07 Å². The van der Waals surface area contributed by atoms with Gasteiger partial charge in [0.1, 0.15) is 11.6 Å². The van der Waals surface area contributed by atoms with Crippen molar-refractivity contribution in [2.24, 2.45) is 5.92 Å². The lowest BCUT2D eigenvalue weighted by molar-refractivity contribution is -0.141. The van der Waals surface area contributed by atoms with Gasteiger partial charge in [0.25, 0.3) is 0 Å². The molecule has 1 aliphatic rings. The first-order valence-corrected chi connectivity index (χ1v) is 5.88. The fourth-order valence-corrected chi connectivity index (χ4v) is 2.29. The first-order chi connectivity index (χ1) is 9.45. The van der Waals surface area contributed by atoms with Crippen molar-refractivity contribution in [2.75, 3.05) is 25.2 Å². The lowest BCUT2D eigenvalue weighted by Gasteiger charge is -2.29. The molecule has 1 heterocycles. The molecular formula is C13H12F2N2O3. The number of benzene rings is 1. The van der Waals surface area contributed by atoms with E-state index in [0.29, 0.717) is 0 Å². The summed E-state index contributed by atoms with van der Waals surface area (Å²) in [4.78, 5) is 12.3. The van der Waals surface area contributed by atoms with Crippen molar-refractivity contribution < 1.29 is 23.4 Å². The monoisotopic (exact) mass is 282 g/mol. The third-order valence-electron chi connectivity index (χ3n) is 3.36. The highest BCUT2D eigenvalue weighted by Gasteiger charge is 2.38. The van der Waals surface area contributed by atoms with E-state index < -0.39 is 29.6 Å². The predicted molar refractivity (Wildman–Crippen MR) is 65.2 cm³/mol. The molecule has 2 rings (SSSR count). The summed E-state index contributed by atoms with van der Waals surface area (Å²) >= 11 is 0. The van der Waals surface area contributed by atoms with Crippen LogP contribution in [0.3, 0.4) is 0 Å². The maximum absolute atomic E-state index is 13.9. The Morgan fingerprint density at radius 2 is 2.05 bits per heavy atom. The highest BCUT2D eigenvalue weighted by atomic mass is 19.1. The van der Waals surface area contributed by atoms with Crippen molar-refractivity contribution in [3.05, 3.63) is 29.3 Å². The van der Waals surface area contributed by atoms with Crippen molar-refractivity contribution in [3.63, 3.8) is 0 Å². The van der Waals surface area contributed by atoms with Crippen LogP contribution in [0.5, 0.6) is 0 Å². The van der Waals surface area contributed by atoms with E-state index >= 15 is 0 Å². The molecule has 1 saturated heterocycles. The van der Waals surface area contributed by atoms with Crippen LogP contribution in [0.15, 0.2) is 12.1 Å². The van der Waals surface area contributed by atoms with Gasteiger partial charge in [0.15, 0.2) is 11.6 Å². The topological polar surface area (TPSA) is 73.6 Å². The van der Waals surface area contributed by atoms with Crippen molar-refractivity contribution in [2.45, 2.75) is 6.04 Å². The van der Waals surface area contributed by atoms with Crippen LogP contribution in [0.1, 0.15) is 5.56 Å². The van der Waals surface area contributed by atoms with E-state index in [-0.39, 0.29) is 24.5 Å². The summed E-state index contributed by atoms with van der Waals surface area (Å²) < 4.78 is 32.9. The van der Waals surface area contributed by atoms with Gasteiger partial charge in [-0.3, -0.25) is 4.79 Å². The Hall–Kier alpha value is -2.20. The van der Waals surface area contributed by atoms with Crippen LogP contribution in [0, 0.1) is 28.9 Å². The van der Waals surface area contributed by atoms with Gasteiger partial charge in [-0.05, 0) is 12.1 Å². The molecule has 0 aliphatic carbocycles. The van der Waals surface area contributed by atoms with Gasteiger partial charge in [0.05, 0.1) is 30.9 Å². The van der Waals surface area contributed by atoms with Crippen molar-refractivity contribution in [1.29, 1.82) is 5.26 Å². The largest absolute Gasteiger partial charge is 0.481 e. The second-order valence-corrected chi connectivity index (χ2v) is 4.56. The molecule has 1 fully saturated rings. The Morgan fingerprint density at radius 3 is 2.55 bits per heavy atom. The van der Waals surface area contributed by atoms with E-state index in [0.717, 1.165) is 12.1 Å². The van der Waals surface area contributed by atoms with Crippen LogP contribution in [-0.2, 0) is 9.53 Å². The minimum atomic E-state index is -1.08. The Balaban J connectivity index is 2.37. The number of nitriles is 1. The second-order valence-electron chi connectivity index (χ2n) is 4.56. The van der Waals surface area contributed by atoms with E-state index in [4.69, 9.17) is 15.1 Å². The zero-order chi connectivity index (χ0) is 14.9. The Bertz CT molecular complexity index is 562. The standard InChI is InChI=1S/C13H12F2N2O3/c1-17(11-6-20-5-8(11)13(18)19)12-9(14)2-7(4-16)3-10(12)15/h2-3,8,11H,5-6H2,1H3,(H,18,19). The molecule has 7 heteroatoms. The van der Waals surface area contributed by atoms with E-state index in [1.807, 2.05) is 0 Å². The van der Waals surface area contributed by atoms with Crippen LogP contribution in [0.2, 0.25) is 0 Å². The molecule has 0 saturated carbocycles. The average molecular weight is 282 g/mol.